The lowest BCUT2D eigenvalue weighted by molar-refractivity contribution is 0.506. The van der Waals surface area contributed by atoms with Crippen LogP contribution in [0.4, 0.5) is 0 Å². The molecule has 0 heterocycles. The molecule has 0 aliphatic rings. The summed E-state index contributed by atoms with van der Waals surface area (Å²) in [6.07, 6.45) is 1.15. The molecule has 0 fully saturated rings. The first kappa shape index (κ1) is 15.8. The van der Waals surface area contributed by atoms with E-state index in [1.807, 2.05) is 7.05 Å². The van der Waals surface area contributed by atoms with Crippen molar-refractivity contribution in [2.24, 2.45) is 0 Å². The molecule has 0 saturated carbocycles. The highest BCUT2D eigenvalue weighted by Crippen LogP contribution is 2.29. The molecule has 1 nitrogen and oxygen atoms in total. The molecule has 2 aromatic rings. The smallest absolute Gasteiger partial charge is 0.0576 e. The van der Waals surface area contributed by atoms with Crippen LogP contribution >= 0.6 is 0 Å². The van der Waals surface area contributed by atoms with Gasteiger partial charge in [0.2, 0.25) is 0 Å². The minimum Gasteiger partial charge on any atom is -0.309 e. The first-order chi connectivity index (χ1) is 9.99. The van der Waals surface area contributed by atoms with Gasteiger partial charge in [-0.15, -0.1) is 0 Å². The molecule has 0 bridgehead atoms. The van der Waals surface area contributed by atoms with Crippen LogP contribution in [-0.2, 0) is 5.41 Å². The normalized spacial score (nSPS) is 13.2. The van der Waals surface area contributed by atoms with Crippen LogP contribution < -0.4 is 5.32 Å². The average molecular weight is 281 g/mol. The molecular formula is C20H27N. The fraction of sp³-hybridized carbons (Fsp3) is 0.400. The standard InChI is InChI=1S/C20H27N/c1-6-20(3,4)17-13-11-16(12-14-17)19(21-5)18-10-8-7-9-15(18)2/h7-14,19,21H,6H2,1-5H3. The maximum atomic E-state index is 3.45. The number of aryl methyl sites for hydroxylation is 1. The minimum absolute atomic E-state index is 0.246. The SMILES string of the molecule is CCC(C)(C)c1ccc(C(NC)c2ccccc2C)cc1. The first-order valence-electron chi connectivity index (χ1n) is 7.83. The molecule has 1 unspecified atom stereocenters. The van der Waals surface area contributed by atoms with Gasteiger partial charge in [-0.1, -0.05) is 69.3 Å². The molecule has 2 aromatic carbocycles. The van der Waals surface area contributed by atoms with Crippen molar-refractivity contribution in [3.63, 3.8) is 0 Å². The van der Waals surface area contributed by atoms with E-state index in [0.29, 0.717) is 0 Å². The van der Waals surface area contributed by atoms with E-state index >= 15 is 0 Å². The second-order valence-electron chi connectivity index (χ2n) is 6.44. The predicted octanol–water partition coefficient (Wildman–Crippen LogP) is 4.99. The Hall–Kier alpha value is -1.60. The van der Waals surface area contributed by atoms with Crippen LogP contribution in [0.2, 0.25) is 0 Å². The molecule has 1 N–H and O–H groups in total. The second kappa shape index (κ2) is 6.44. The van der Waals surface area contributed by atoms with Crippen LogP contribution in [0, 0.1) is 6.92 Å². The summed E-state index contributed by atoms with van der Waals surface area (Å²) in [4.78, 5) is 0. The fourth-order valence-electron chi connectivity index (χ4n) is 2.74. The van der Waals surface area contributed by atoms with Crippen LogP contribution in [0.5, 0.6) is 0 Å². The highest BCUT2D eigenvalue weighted by Gasteiger charge is 2.19. The molecular weight excluding hydrogens is 254 g/mol. The summed E-state index contributed by atoms with van der Waals surface area (Å²) in [5.74, 6) is 0. The molecule has 0 radical (unpaired) electrons. The average Bonchev–Trinajstić information content (AvgIpc) is 2.50. The molecule has 0 aromatic heterocycles. The lowest BCUT2D eigenvalue weighted by atomic mass is 9.81. The Labute approximate surface area is 129 Å². The molecule has 21 heavy (non-hydrogen) atoms. The summed E-state index contributed by atoms with van der Waals surface area (Å²) in [6, 6.07) is 17.9. The first-order valence-corrected chi connectivity index (χ1v) is 7.83. The largest absolute Gasteiger partial charge is 0.309 e. The molecule has 0 amide bonds. The van der Waals surface area contributed by atoms with Gasteiger partial charge in [0.1, 0.15) is 0 Å². The third-order valence-electron chi connectivity index (χ3n) is 4.70. The van der Waals surface area contributed by atoms with Crippen molar-refractivity contribution in [3.05, 3.63) is 70.8 Å². The zero-order valence-corrected chi connectivity index (χ0v) is 13.9. The summed E-state index contributed by atoms with van der Waals surface area (Å²) in [5, 5.41) is 3.45. The maximum absolute atomic E-state index is 3.45. The van der Waals surface area contributed by atoms with Crippen LogP contribution in [-0.4, -0.2) is 7.05 Å². The third-order valence-corrected chi connectivity index (χ3v) is 4.70. The van der Waals surface area contributed by atoms with Gasteiger partial charge in [-0.25, -0.2) is 0 Å². The van der Waals surface area contributed by atoms with Gasteiger partial charge < -0.3 is 5.32 Å². The topological polar surface area (TPSA) is 12.0 Å². The zero-order valence-electron chi connectivity index (χ0n) is 13.9. The summed E-state index contributed by atoms with van der Waals surface area (Å²) in [7, 11) is 2.03. The Bertz CT molecular complexity index is 581. The van der Waals surface area contributed by atoms with Crippen molar-refractivity contribution >= 4 is 0 Å². The molecule has 1 heteroatoms. The lowest BCUT2D eigenvalue weighted by Gasteiger charge is -2.25. The van der Waals surface area contributed by atoms with Crippen LogP contribution in [0.25, 0.3) is 0 Å². The summed E-state index contributed by atoms with van der Waals surface area (Å²) < 4.78 is 0. The van der Waals surface area contributed by atoms with E-state index in [9.17, 15) is 0 Å². The quantitative estimate of drug-likeness (QED) is 0.814. The van der Waals surface area contributed by atoms with Crippen LogP contribution in [0.15, 0.2) is 48.5 Å². The highest BCUT2D eigenvalue weighted by atomic mass is 14.9. The van der Waals surface area contributed by atoms with E-state index in [0.717, 1.165) is 6.42 Å². The second-order valence-corrected chi connectivity index (χ2v) is 6.44. The van der Waals surface area contributed by atoms with Crippen molar-refractivity contribution in [2.75, 3.05) is 7.05 Å². The molecule has 1 atom stereocenters. The van der Waals surface area contributed by atoms with E-state index in [-0.39, 0.29) is 11.5 Å². The Morgan fingerprint density at radius 3 is 2.14 bits per heavy atom. The molecule has 0 aliphatic carbocycles. The Kier molecular flexibility index (Phi) is 4.84. The van der Waals surface area contributed by atoms with Gasteiger partial charge in [-0.05, 0) is 48.1 Å². The maximum Gasteiger partial charge on any atom is 0.0576 e. The van der Waals surface area contributed by atoms with E-state index in [1.165, 1.54) is 22.3 Å². The van der Waals surface area contributed by atoms with Crippen molar-refractivity contribution in [3.8, 4) is 0 Å². The molecule has 0 aliphatic heterocycles. The summed E-state index contributed by atoms with van der Waals surface area (Å²) >= 11 is 0. The number of rotatable bonds is 5. The molecule has 112 valence electrons. The Balaban J connectivity index is 2.34. The van der Waals surface area contributed by atoms with Gasteiger partial charge in [0.05, 0.1) is 6.04 Å². The van der Waals surface area contributed by atoms with Crippen LogP contribution in [0.1, 0.15) is 55.5 Å². The molecule has 0 saturated heterocycles. The van der Waals surface area contributed by atoms with Gasteiger partial charge in [-0.3, -0.25) is 0 Å². The Morgan fingerprint density at radius 2 is 1.62 bits per heavy atom. The highest BCUT2D eigenvalue weighted by molar-refractivity contribution is 5.38. The van der Waals surface area contributed by atoms with Crippen molar-refractivity contribution in [1.82, 2.24) is 5.32 Å². The lowest BCUT2D eigenvalue weighted by Crippen LogP contribution is -2.19. The van der Waals surface area contributed by atoms with E-state index < -0.39 is 0 Å². The number of hydrogen-bond acceptors (Lipinski definition) is 1. The number of benzene rings is 2. The van der Waals surface area contributed by atoms with Gasteiger partial charge in [0, 0.05) is 0 Å². The summed E-state index contributed by atoms with van der Waals surface area (Å²) in [5.41, 5.74) is 5.66. The minimum atomic E-state index is 0.246. The fourth-order valence-corrected chi connectivity index (χ4v) is 2.74. The van der Waals surface area contributed by atoms with Crippen molar-refractivity contribution in [1.29, 1.82) is 0 Å². The van der Waals surface area contributed by atoms with E-state index in [1.54, 1.807) is 0 Å². The van der Waals surface area contributed by atoms with Gasteiger partial charge in [0.15, 0.2) is 0 Å². The number of nitrogens with one attached hydrogen (secondary N) is 1. The van der Waals surface area contributed by atoms with E-state index in [2.05, 4.69) is 81.5 Å². The van der Waals surface area contributed by atoms with Gasteiger partial charge in [0.25, 0.3) is 0 Å². The van der Waals surface area contributed by atoms with E-state index in [4.69, 9.17) is 0 Å². The zero-order chi connectivity index (χ0) is 15.5. The summed E-state index contributed by atoms with van der Waals surface area (Å²) in [6.45, 7) is 9.03. The Morgan fingerprint density at radius 1 is 1.00 bits per heavy atom. The van der Waals surface area contributed by atoms with Gasteiger partial charge >= 0.3 is 0 Å². The predicted molar refractivity (Wildman–Crippen MR) is 91.8 cm³/mol. The van der Waals surface area contributed by atoms with Crippen molar-refractivity contribution < 1.29 is 0 Å². The monoisotopic (exact) mass is 281 g/mol. The molecule has 0 spiro atoms. The van der Waals surface area contributed by atoms with Crippen molar-refractivity contribution in [2.45, 2.75) is 45.6 Å². The van der Waals surface area contributed by atoms with Gasteiger partial charge in [-0.2, -0.15) is 0 Å². The molecule has 2 rings (SSSR count). The number of hydrogen-bond donors (Lipinski definition) is 1. The van der Waals surface area contributed by atoms with Crippen LogP contribution in [0.3, 0.4) is 0 Å². The third kappa shape index (κ3) is 3.36.